The first-order valence-electron chi connectivity index (χ1n) is 6.19. The summed E-state index contributed by atoms with van der Waals surface area (Å²) >= 11 is 1.54. The second-order valence-electron chi connectivity index (χ2n) is 4.41. The summed E-state index contributed by atoms with van der Waals surface area (Å²) in [7, 11) is 1.81. The Labute approximate surface area is 122 Å². The molecule has 0 radical (unpaired) electrons. The van der Waals surface area contributed by atoms with Crippen LogP contribution in [0.5, 0.6) is 0 Å². The Hall–Kier alpha value is -1.70. The Morgan fingerprint density at radius 2 is 2.25 bits per heavy atom. The van der Waals surface area contributed by atoms with E-state index in [1.165, 1.54) is 0 Å². The number of carbonyl (C=O) groups is 2. The molecule has 0 spiro atoms. The first-order valence-corrected chi connectivity index (χ1v) is 7.58. The van der Waals surface area contributed by atoms with E-state index < -0.39 is 18.0 Å². The second kappa shape index (κ2) is 7.78. The Morgan fingerprint density at radius 3 is 2.75 bits per heavy atom. The first kappa shape index (κ1) is 16.4. The van der Waals surface area contributed by atoms with E-state index in [0.29, 0.717) is 18.7 Å². The van der Waals surface area contributed by atoms with E-state index in [2.05, 4.69) is 15.7 Å². The molecule has 1 rings (SSSR count). The maximum absolute atomic E-state index is 11.7. The highest BCUT2D eigenvalue weighted by molar-refractivity contribution is 7.98. The predicted octanol–water partition coefficient (Wildman–Crippen LogP) is 0.734. The SMILES string of the molecule is CSCC[C@@H](NC(=O)NCc1cn(C)nc1C)C(=O)O. The minimum Gasteiger partial charge on any atom is -0.480 e. The lowest BCUT2D eigenvalue weighted by molar-refractivity contribution is -0.139. The van der Waals surface area contributed by atoms with E-state index in [4.69, 9.17) is 5.11 Å². The summed E-state index contributed by atoms with van der Waals surface area (Å²) in [6.07, 6.45) is 4.11. The Kier molecular flexibility index (Phi) is 6.37. The minimum atomic E-state index is -1.02. The van der Waals surface area contributed by atoms with Crippen LogP contribution in [-0.2, 0) is 18.4 Å². The van der Waals surface area contributed by atoms with Gasteiger partial charge >= 0.3 is 12.0 Å². The molecule has 20 heavy (non-hydrogen) atoms. The number of rotatable bonds is 7. The number of hydrogen-bond donors (Lipinski definition) is 3. The van der Waals surface area contributed by atoms with Crippen molar-refractivity contribution in [3.63, 3.8) is 0 Å². The Balaban J connectivity index is 2.45. The van der Waals surface area contributed by atoms with Crippen LogP contribution in [0.2, 0.25) is 0 Å². The van der Waals surface area contributed by atoms with Gasteiger partial charge < -0.3 is 15.7 Å². The van der Waals surface area contributed by atoms with Gasteiger partial charge in [-0.05, 0) is 25.4 Å². The number of aliphatic carboxylic acids is 1. The van der Waals surface area contributed by atoms with Gasteiger partial charge in [-0.3, -0.25) is 4.68 Å². The molecule has 0 aliphatic rings. The molecule has 112 valence electrons. The van der Waals surface area contributed by atoms with Crippen LogP contribution >= 0.6 is 11.8 Å². The average molecular weight is 300 g/mol. The van der Waals surface area contributed by atoms with Crippen molar-refractivity contribution in [2.75, 3.05) is 12.0 Å². The number of carboxylic acids is 1. The van der Waals surface area contributed by atoms with Crippen LogP contribution in [-0.4, -0.2) is 44.9 Å². The summed E-state index contributed by atoms with van der Waals surface area (Å²) in [5, 5.41) is 18.3. The van der Waals surface area contributed by atoms with Gasteiger partial charge in [0, 0.05) is 25.4 Å². The second-order valence-corrected chi connectivity index (χ2v) is 5.40. The van der Waals surface area contributed by atoms with Crippen molar-refractivity contribution in [1.82, 2.24) is 20.4 Å². The molecule has 1 atom stereocenters. The van der Waals surface area contributed by atoms with Gasteiger partial charge in [-0.15, -0.1) is 0 Å². The van der Waals surface area contributed by atoms with Crippen LogP contribution in [0.4, 0.5) is 4.79 Å². The molecule has 0 aliphatic carbocycles. The van der Waals surface area contributed by atoms with Crippen molar-refractivity contribution >= 4 is 23.8 Å². The van der Waals surface area contributed by atoms with Gasteiger partial charge in [-0.2, -0.15) is 16.9 Å². The molecule has 1 aromatic rings. The van der Waals surface area contributed by atoms with E-state index in [1.807, 2.05) is 19.4 Å². The van der Waals surface area contributed by atoms with E-state index in [1.54, 1.807) is 23.5 Å². The summed E-state index contributed by atoms with van der Waals surface area (Å²) in [4.78, 5) is 22.7. The van der Waals surface area contributed by atoms with Crippen molar-refractivity contribution in [3.05, 3.63) is 17.5 Å². The average Bonchev–Trinajstić information content (AvgIpc) is 2.70. The molecule has 0 fully saturated rings. The van der Waals surface area contributed by atoms with Gasteiger partial charge in [0.05, 0.1) is 5.69 Å². The van der Waals surface area contributed by atoms with Crippen LogP contribution < -0.4 is 10.6 Å². The summed E-state index contributed by atoms with van der Waals surface area (Å²) in [6, 6.07) is -1.35. The molecule has 0 aromatic carbocycles. The fourth-order valence-corrected chi connectivity index (χ4v) is 2.17. The number of thioether (sulfide) groups is 1. The van der Waals surface area contributed by atoms with Gasteiger partial charge in [0.2, 0.25) is 0 Å². The monoisotopic (exact) mass is 300 g/mol. The number of carbonyl (C=O) groups excluding carboxylic acids is 1. The molecule has 8 heteroatoms. The predicted molar refractivity (Wildman–Crippen MR) is 77.7 cm³/mol. The number of urea groups is 1. The number of amides is 2. The molecule has 7 nitrogen and oxygen atoms in total. The lowest BCUT2D eigenvalue weighted by atomic mass is 10.2. The quantitative estimate of drug-likeness (QED) is 0.690. The third-order valence-corrected chi connectivity index (χ3v) is 3.41. The zero-order chi connectivity index (χ0) is 15.1. The van der Waals surface area contributed by atoms with Crippen molar-refractivity contribution < 1.29 is 14.7 Å². The highest BCUT2D eigenvalue weighted by Crippen LogP contribution is 2.04. The van der Waals surface area contributed by atoms with Crippen molar-refractivity contribution in [2.24, 2.45) is 7.05 Å². The summed E-state index contributed by atoms with van der Waals surface area (Å²) in [5.74, 6) is -0.342. The Bertz CT molecular complexity index is 475. The molecule has 1 aromatic heterocycles. The van der Waals surface area contributed by atoms with E-state index in [9.17, 15) is 9.59 Å². The van der Waals surface area contributed by atoms with Crippen molar-refractivity contribution in [2.45, 2.75) is 25.9 Å². The standard InChI is InChI=1S/C12H20N4O3S/c1-8-9(7-16(2)15-8)6-13-12(19)14-10(11(17)18)4-5-20-3/h7,10H,4-6H2,1-3H3,(H,17,18)(H2,13,14,19)/t10-/m1/s1. The number of aromatic nitrogens is 2. The maximum Gasteiger partial charge on any atom is 0.326 e. The lowest BCUT2D eigenvalue weighted by Gasteiger charge is -2.14. The highest BCUT2D eigenvalue weighted by atomic mass is 32.2. The van der Waals surface area contributed by atoms with Crippen LogP contribution in [0, 0.1) is 6.92 Å². The number of aryl methyl sites for hydroxylation is 2. The minimum absolute atomic E-state index is 0.320. The molecule has 0 saturated heterocycles. The van der Waals surface area contributed by atoms with Crippen LogP contribution in [0.15, 0.2) is 6.20 Å². The maximum atomic E-state index is 11.7. The zero-order valence-corrected chi connectivity index (χ0v) is 12.7. The van der Waals surface area contributed by atoms with Crippen molar-refractivity contribution in [3.8, 4) is 0 Å². The molecule has 2 amide bonds. The van der Waals surface area contributed by atoms with Crippen LogP contribution in [0.3, 0.4) is 0 Å². The summed E-state index contributed by atoms with van der Waals surface area (Å²) in [6.45, 7) is 2.17. The fraction of sp³-hybridized carbons (Fsp3) is 0.583. The Morgan fingerprint density at radius 1 is 1.55 bits per heavy atom. The molecular formula is C12H20N4O3S. The molecule has 0 bridgehead atoms. The van der Waals surface area contributed by atoms with E-state index >= 15 is 0 Å². The van der Waals surface area contributed by atoms with Crippen LogP contribution in [0.1, 0.15) is 17.7 Å². The van der Waals surface area contributed by atoms with Crippen LogP contribution in [0.25, 0.3) is 0 Å². The van der Waals surface area contributed by atoms with Gasteiger partial charge in [-0.25, -0.2) is 9.59 Å². The molecule has 0 unspecified atom stereocenters. The molecule has 3 N–H and O–H groups in total. The molecule has 0 saturated carbocycles. The van der Waals surface area contributed by atoms with Gasteiger partial charge in [0.25, 0.3) is 0 Å². The first-order chi connectivity index (χ1) is 9.43. The van der Waals surface area contributed by atoms with Gasteiger partial charge in [0.15, 0.2) is 0 Å². The molecule has 0 aliphatic heterocycles. The highest BCUT2D eigenvalue weighted by Gasteiger charge is 2.19. The topological polar surface area (TPSA) is 96.3 Å². The lowest BCUT2D eigenvalue weighted by Crippen LogP contribution is -2.46. The zero-order valence-electron chi connectivity index (χ0n) is 11.8. The number of nitrogens with one attached hydrogen (secondary N) is 2. The number of hydrogen-bond acceptors (Lipinski definition) is 4. The third-order valence-electron chi connectivity index (χ3n) is 2.77. The molecular weight excluding hydrogens is 280 g/mol. The number of carboxylic acid groups (broad SMARTS) is 1. The van der Waals surface area contributed by atoms with Gasteiger partial charge in [0.1, 0.15) is 6.04 Å². The molecule has 1 heterocycles. The summed E-state index contributed by atoms with van der Waals surface area (Å²) < 4.78 is 1.67. The van der Waals surface area contributed by atoms with Gasteiger partial charge in [-0.1, -0.05) is 0 Å². The normalized spacial score (nSPS) is 11.9. The fourth-order valence-electron chi connectivity index (χ4n) is 1.70. The summed E-state index contributed by atoms with van der Waals surface area (Å²) in [5.41, 5.74) is 1.74. The smallest absolute Gasteiger partial charge is 0.326 e. The largest absolute Gasteiger partial charge is 0.480 e. The third kappa shape index (κ3) is 5.12. The van der Waals surface area contributed by atoms with E-state index in [-0.39, 0.29) is 0 Å². The van der Waals surface area contributed by atoms with Crippen molar-refractivity contribution in [1.29, 1.82) is 0 Å². The van der Waals surface area contributed by atoms with E-state index in [0.717, 1.165) is 11.3 Å². The number of nitrogens with zero attached hydrogens (tertiary/aromatic N) is 2.